The fourth-order valence-corrected chi connectivity index (χ4v) is 4.17. The van der Waals surface area contributed by atoms with Gasteiger partial charge in [0.05, 0.1) is 17.7 Å². The molecule has 10 heteroatoms. The van der Waals surface area contributed by atoms with Crippen LogP contribution in [0.4, 0.5) is 5.69 Å². The van der Waals surface area contributed by atoms with Gasteiger partial charge in [0.25, 0.3) is 15.9 Å². The Labute approximate surface area is 191 Å². The Kier molecular flexibility index (Phi) is 6.18. The molecule has 0 atom stereocenters. The average molecular weight is 468 g/mol. The SMILES string of the molecule is COc1ccc(NS(=O)(=O)c2cccc(C(=O)N/N=C(\C)c3ccc4c(c3)OCO4)c2)cc1. The molecule has 1 amide bonds. The Hall–Kier alpha value is -4.05. The number of nitrogens with zero attached hydrogens (tertiary/aromatic N) is 1. The number of ether oxygens (including phenoxy) is 3. The van der Waals surface area contributed by atoms with E-state index in [1.807, 2.05) is 0 Å². The number of hydrazone groups is 1. The highest BCUT2D eigenvalue weighted by Crippen LogP contribution is 2.32. The zero-order valence-electron chi connectivity index (χ0n) is 17.9. The molecule has 0 unspecified atom stereocenters. The van der Waals surface area contributed by atoms with Crippen LogP contribution in [0.2, 0.25) is 0 Å². The summed E-state index contributed by atoms with van der Waals surface area (Å²) >= 11 is 0. The normalized spacial score (nSPS) is 12.8. The van der Waals surface area contributed by atoms with Gasteiger partial charge in [-0.15, -0.1) is 0 Å². The number of sulfonamides is 1. The summed E-state index contributed by atoms with van der Waals surface area (Å²) < 4.78 is 43.7. The number of nitrogens with one attached hydrogen (secondary N) is 2. The molecule has 0 spiro atoms. The highest BCUT2D eigenvalue weighted by molar-refractivity contribution is 7.92. The van der Waals surface area contributed by atoms with Crippen molar-refractivity contribution in [3.05, 3.63) is 77.9 Å². The molecule has 0 saturated heterocycles. The summed E-state index contributed by atoms with van der Waals surface area (Å²) in [5.74, 6) is 1.32. The predicted octanol–water partition coefficient (Wildman–Crippen LogP) is 3.38. The van der Waals surface area contributed by atoms with Crippen LogP contribution in [0.3, 0.4) is 0 Å². The molecule has 3 aromatic rings. The van der Waals surface area contributed by atoms with Gasteiger partial charge in [0.2, 0.25) is 6.79 Å². The van der Waals surface area contributed by atoms with Crippen LogP contribution in [0.5, 0.6) is 17.2 Å². The monoisotopic (exact) mass is 467 g/mol. The lowest BCUT2D eigenvalue weighted by Gasteiger charge is -2.10. The maximum absolute atomic E-state index is 12.8. The fourth-order valence-electron chi connectivity index (χ4n) is 3.06. The Morgan fingerprint density at radius 2 is 1.73 bits per heavy atom. The number of fused-ring (bicyclic) bond motifs is 1. The van der Waals surface area contributed by atoms with Crippen LogP contribution in [0.25, 0.3) is 0 Å². The van der Waals surface area contributed by atoms with Crippen LogP contribution in [-0.4, -0.2) is 33.9 Å². The largest absolute Gasteiger partial charge is 0.497 e. The number of anilines is 1. The molecule has 9 nitrogen and oxygen atoms in total. The van der Waals surface area contributed by atoms with Crippen LogP contribution < -0.4 is 24.4 Å². The molecular weight excluding hydrogens is 446 g/mol. The van der Waals surface area contributed by atoms with Crippen LogP contribution >= 0.6 is 0 Å². The Morgan fingerprint density at radius 3 is 2.48 bits per heavy atom. The summed E-state index contributed by atoms with van der Waals surface area (Å²) in [5.41, 5.74) is 4.27. The first-order valence-electron chi connectivity index (χ1n) is 9.87. The summed E-state index contributed by atoms with van der Waals surface area (Å²) in [7, 11) is -2.38. The molecule has 170 valence electrons. The second kappa shape index (κ2) is 9.21. The van der Waals surface area contributed by atoms with Crippen molar-refractivity contribution in [3.8, 4) is 17.2 Å². The summed E-state index contributed by atoms with van der Waals surface area (Å²) in [6.45, 7) is 1.90. The lowest BCUT2D eigenvalue weighted by atomic mass is 10.1. The molecule has 0 bridgehead atoms. The van der Waals surface area contributed by atoms with Crippen LogP contribution in [0.15, 0.2) is 76.7 Å². The summed E-state index contributed by atoms with van der Waals surface area (Å²) in [5, 5.41) is 4.12. The van der Waals surface area contributed by atoms with Crippen molar-refractivity contribution in [1.82, 2.24) is 5.43 Å². The first-order chi connectivity index (χ1) is 15.9. The molecule has 4 rings (SSSR count). The van der Waals surface area contributed by atoms with Crippen molar-refractivity contribution >= 4 is 27.3 Å². The first kappa shape index (κ1) is 22.2. The topological polar surface area (TPSA) is 115 Å². The first-order valence-corrected chi connectivity index (χ1v) is 11.4. The summed E-state index contributed by atoms with van der Waals surface area (Å²) in [4.78, 5) is 12.5. The van der Waals surface area contributed by atoms with Crippen molar-refractivity contribution in [3.63, 3.8) is 0 Å². The van der Waals surface area contributed by atoms with Crippen molar-refractivity contribution in [2.45, 2.75) is 11.8 Å². The van der Waals surface area contributed by atoms with E-state index >= 15 is 0 Å². The smallest absolute Gasteiger partial charge is 0.271 e. The van der Waals surface area contributed by atoms with Gasteiger partial charge in [-0.3, -0.25) is 9.52 Å². The zero-order chi connectivity index (χ0) is 23.4. The molecule has 0 saturated carbocycles. The lowest BCUT2D eigenvalue weighted by Crippen LogP contribution is -2.20. The van der Waals surface area contributed by atoms with Gasteiger partial charge in [-0.05, 0) is 67.6 Å². The van der Waals surface area contributed by atoms with E-state index in [9.17, 15) is 13.2 Å². The van der Waals surface area contributed by atoms with Gasteiger partial charge in [-0.25, -0.2) is 13.8 Å². The maximum Gasteiger partial charge on any atom is 0.271 e. The van der Waals surface area contributed by atoms with Gasteiger partial charge in [0.15, 0.2) is 11.5 Å². The zero-order valence-corrected chi connectivity index (χ0v) is 18.7. The quantitative estimate of drug-likeness (QED) is 0.407. The van der Waals surface area contributed by atoms with E-state index < -0.39 is 15.9 Å². The van der Waals surface area contributed by atoms with Crippen molar-refractivity contribution in [2.75, 3.05) is 18.6 Å². The van der Waals surface area contributed by atoms with Gasteiger partial charge < -0.3 is 14.2 Å². The standard InChI is InChI=1S/C23H21N3O6S/c1-15(16-6-11-21-22(13-16)32-14-31-21)24-25-23(27)17-4-3-5-20(12-17)33(28,29)26-18-7-9-19(30-2)10-8-18/h3-13,26H,14H2,1-2H3,(H,25,27)/b24-15+. The lowest BCUT2D eigenvalue weighted by molar-refractivity contribution is 0.0954. The molecule has 0 aliphatic carbocycles. The van der Waals surface area contributed by atoms with E-state index in [0.717, 1.165) is 5.56 Å². The highest BCUT2D eigenvalue weighted by Gasteiger charge is 2.17. The van der Waals surface area contributed by atoms with Gasteiger partial charge in [-0.2, -0.15) is 5.10 Å². The second-order valence-electron chi connectivity index (χ2n) is 7.07. The van der Waals surface area contributed by atoms with E-state index in [1.165, 1.54) is 31.4 Å². The van der Waals surface area contributed by atoms with E-state index in [4.69, 9.17) is 14.2 Å². The molecule has 33 heavy (non-hydrogen) atoms. The van der Waals surface area contributed by atoms with Crippen LogP contribution in [-0.2, 0) is 10.0 Å². The molecule has 0 aromatic heterocycles. The molecule has 0 fully saturated rings. The number of hydrogen-bond donors (Lipinski definition) is 2. The number of methoxy groups -OCH3 is 1. The molecule has 3 aromatic carbocycles. The van der Waals surface area contributed by atoms with E-state index in [2.05, 4.69) is 15.2 Å². The van der Waals surface area contributed by atoms with Gasteiger partial charge in [-0.1, -0.05) is 6.07 Å². The van der Waals surface area contributed by atoms with E-state index in [-0.39, 0.29) is 17.3 Å². The number of hydrogen-bond acceptors (Lipinski definition) is 7. The Bertz CT molecular complexity index is 1320. The Balaban J connectivity index is 1.47. The van der Waals surface area contributed by atoms with Crippen molar-refractivity contribution in [1.29, 1.82) is 0 Å². The van der Waals surface area contributed by atoms with E-state index in [1.54, 1.807) is 49.4 Å². The van der Waals surface area contributed by atoms with Gasteiger partial charge in [0.1, 0.15) is 5.75 Å². The fraction of sp³-hybridized carbons (Fsp3) is 0.130. The minimum atomic E-state index is -3.90. The van der Waals surface area contributed by atoms with Gasteiger partial charge in [0, 0.05) is 16.8 Å². The predicted molar refractivity (Wildman–Crippen MR) is 122 cm³/mol. The minimum absolute atomic E-state index is 0.0533. The molecule has 2 N–H and O–H groups in total. The van der Waals surface area contributed by atoms with Crippen LogP contribution in [0.1, 0.15) is 22.8 Å². The average Bonchev–Trinajstić information content (AvgIpc) is 3.30. The third kappa shape index (κ3) is 5.07. The maximum atomic E-state index is 12.8. The molecule has 1 aliphatic rings. The van der Waals surface area contributed by atoms with E-state index in [0.29, 0.717) is 28.6 Å². The molecular formula is C23H21N3O6S. The van der Waals surface area contributed by atoms with Crippen molar-refractivity contribution < 1.29 is 27.4 Å². The number of amides is 1. The Morgan fingerprint density at radius 1 is 0.970 bits per heavy atom. The number of rotatable bonds is 7. The molecule has 1 aliphatic heterocycles. The third-order valence-electron chi connectivity index (χ3n) is 4.86. The molecule has 0 radical (unpaired) electrons. The van der Waals surface area contributed by atoms with Crippen LogP contribution in [0, 0.1) is 0 Å². The van der Waals surface area contributed by atoms with Crippen molar-refractivity contribution in [2.24, 2.45) is 5.10 Å². The minimum Gasteiger partial charge on any atom is -0.497 e. The highest BCUT2D eigenvalue weighted by atomic mass is 32.2. The number of benzene rings is 3. The summed E-state index contributed by atoms with van der Waals surface area (Å²) in [6.07, 6.45) is 0. The third-order valence-corrected chi connectivity index (χ3v) is 6.24. The van der Waals surface area contributed by atoms with Gasteiger partial charge >= 0.3 is 0 Å². The summed E-state index contributed by atoms with van der Waals surface area (Å²) in [6, 6.07) is 17.5. The second-order valence-corrected chi connectivity index (χ2v) is 8.75. The molecule has 1 heterocycles. The number of carbonyl (C=O) groups is 1. The number of carbonyl (C=O) groups excluding carboxylic acids is 1.